The maximum Gasteiger partial charge on any atom is 0.338 e. The first-order valence-electron chi connectivity index (χ1n) is 4.60. The molecule has 1 unspecified atom stereocenters. The Balaban J connectivity index is 2.44. The molecule has 14 heavy (non-hydrogen) atoms. The zero-order valence-corrected chi connectivity index (χ0v) is 8.83. The van der Waals surface area contributed by atoms with Crippen molar-refractivity contribution < 1.29 is 9.53 Å². The van der Waals surface area contributed by atoms with Crippen molar-refractivity contribution in [3.05, 3.63) is 35.9 Å². The Hall–Kier alpha value is -1.02. The minimum atomic E-state index is -0.315. The largest absolute Gasteiger partial charge is 0.461 e. The van der Waals surface area contributed by atoms with E-state index in [-0.39, 0.29) is 18.0 Å². The van der Waals surface area contributed by atoms with E-state index in [1.807, 2.05) is 13.0 Å². The molecule has 1 aromatic rings. The van der Waals surface area contributed by atoms with Gasteiger partial charge in [0.2, 0.25) is 0 Å². The van der Waals surface area contributed by atoms with Gasteiger partial charge < -0.3 is 4.74 Å². The van der Waals surface area contributed by atoms with E-state index in [2.05, 4.69) is 0 Å². The first-order valence-corrected chi connectivity index (χ1v) is 5.04. The average molecular weight is 213 g/mol. The van der Waals surface area contributed by atoms with Gasteiger partial charge in [0.05, 0.1) is 10.9 Å². The van der Waals surface area contributed by atoms with Gasteiger partial charge in [0.15, 0.2) is 0 Å². The van der Waals surface area contributed by atoms with Gasteiger partial charge in [0.1, 0.15) is 6.61 Å². The Labute approximate surface area is 88.8 Å². The number of halogens is 1. The number of rotatable bonds is 4. The molecule has 1 atom stereocenters. The Kier molecular flexibility index (Phi) is 4.47. The number of carbonyl (C=O) groups is 1. The number of hydrogen-bond donors (Lipinski definition) is 0. The van der Waals surface area contributed by atoms with Crippen molar-refractivity contribution >= 4 is 17.6 Å². The van der Waals surface area contributed by atoms with Crippen LogP contribution >= 0.6 is 11.6 Å². The van der Waals surface area contributed by atoms with E-state index in [0.29, 0.717) is 5.56 Å². The first-order chi connectivity index (χ1) is 6.74. The number of benzene rings is 1. The molecular weight excluding hydrogens is 200 g/mol. The molecule has 76 valence electrons. The molecular formula is C11H13ClO2. The molecule has 0 saturated heterocycles. The molecule has 0 aromatic heterocycles. The van der Waals surface area contributed by atoms with Crippen molar-refractivity contribution in [3.8, 4) is 0 Å². The predicted molar refractivity (Wildman–Crippen MR) is 56.7 cm³/mol. The van der Waals surface area contributed by atoms with Gasteiger partial charge in [-0.15, -0.1) is 11.6 Å². The minimum Gasteiger partial charge on any atom is -0.461 e. The fraction of sp³-hybridized carbons (Fsp3) is 0.364. The number of esters is 1. The SMILES string of the molecule is CCC(Cl)COC(=O)c1ccccc1. The molecule has 0 N–H and O–H groups in total. The van der Waals surface area contributed by atoms with E-state index < -0.39 is 0 Å². The van der Waals surface area contributed by atoms with Crippen molar-refractivity contribution in [2.45, 2.75) is 18.7 Å². The van der Waals surface area contributed by atoms with Gasteiger partial charge in [-0.1, -0.05) is 25.1 Å². The van der Waals surface area contributed by atoms with Gasteiger partial charge in [-0.05, 0) is 18.6 Å². The molecule has 0 heterocycles. The molecule has 1 rings (SSSR count). The lowest BCUT2D eigenvalue weighted by Crippen LogP contribution is -2.13. The molecule has 2 nitrogen and oxygen atoms in total. The third-order valence-corrected chi connectivity index (χ3v) is 2.28. The van der Waals surface area contributed by atoms with Crippen LogP contribution in [-0.2, 0) is 4.74 Å². The van der Waals surface area contributed by atoms with Crippen molar-refractivity contribution in [1.29, 1.82) is 0 Å². The monoisotopic (exact) mass is 212 g/mol. The molecule has 0 aliphatic heterocycles. The lowest BCUT2D eigenvalue weighted by Gasteiger charge is -2.07. The lowest BCUT2D eigenvalue weighted by atomic mass is 10.2. The number of alkyl halides is 1. The van der Waals surface area contributed by atoms with Gasteiger partial charge >= 0.3 is 5.97 Å². The predicted octanol–water partition coefficient (Wildman–Crippen LogP) is 2.86. The maximum absolute atomic E-state index is 11.4. The van der Waals surface area contributed by atoms with E-state index in [0.717, 1.165) is 6.42 Å². The fourth-order valence-electron chi connectivity index (χ4n) is 0.942. The van der Waals surface area contributed by atoms with Crippen LogP contribution in [0.1, 0.15) is 23.7 Å². The Morgan fingerprint density at radius 2 is 2.07 bits per heavy atom. The highest BCUT2D eigenvalue weighted by molar-refractivity contribution is 6.20. The molecule has 0 saturated carbocycles. The van der Waals surface area contributed by atoms with Crippen molar-refractivity contribution in [2.75, 3.05) is 6.61 Å². The number of hydrogen-bond acceptors (Lipinski definition) is 2. The summed E-state index contributed by atoms with van der Waals surface area (Å²) in [5, 5.41) is -0.0948. The van der Waals surface area contributed by atoms with Gasteiger partial charge in [-0.3, -0.25) is 0 Å². The smallest absolute Gasteiger partial charge is 0.338 e. The fourth-order valence-corrected chi connectivity index (χ4v) is 1.00. The molecule has 3 heteroatoms. The third-order valence-electron chi connectivity index (χ3n) is 1.85. The van der Waals surface area contributed by atoms with E-state index in [1.54, 1.807) is 24.3 Å². The van der Waals surface area contributed by atoms with Gasteiger partial charge in [0.25, 0.3) is 0 Å². The number of ether oxygens (including phenoxy) is 1. The van der Waals surface area contributed by atoms with Crippen LogP contribution < -0.4 is 0 Å². The molecule has 0 fully saturated rings. The lowest BCUT2D eigenvalue weighted by molar-refractivity contribution is 0.0503. The zero-order valence-electron chi connectivity index (χ0n) is 8.07. The van der Waals surface area contributed by atoms with Crippen molar-refractivity contribution in [3.63, 3.8) is 0 Å². The Bertz CT molecular complexity index is 285. The maximum atomic E-state index is 11.4. The molecule has 0 aliphatic rings. The summed E-state index contributed by atoms with van der Waals surface area (Å²) < 4.78 is 5.01. The van der Waals surface area contributed by atoms with Crippen LogP contribution in [0.5, 0.6) is 0 Å². The summed E-state index contributed by atoms with van der Waals surface area (Å²) >= 11 is 5.82. The average Bonchev–Trinajstić information content (AvgIpc) is 2.26. The van der Waals surface area contributed by atoms with Crippen molar-refractivity contribution in [1.82, 2.24) is 0 Å². The second kappa shape index (κ2) is 5.66. The van der Waals surface area contributed by atoms with E-state index >= 15 is 0 Å². The highest BCUT2D eigenvalue weighted by Crippen LogP contribution is 2.05. The quantitative estimate of drug-likeness (QED) is 0.567. The van der Waals surface area contributed by atoms with Crippen LogP contribution in [-0.4, -0.2) is 18.0 Å². The minimum absolute atomic E-state index is 0.0948. The second-order valence-electron chi connectivity index (χ2n) is 2.97. The van der Waals surface area contributed by atoms with Gasteiger partial charge in [0, 0.05) is 0 Å². The summed E-state index contributed by atoms with van der Waals surface area (Å²) in [6.45, 7) is 2.22. The third kappa shape index (κ3) is 3.38. The topological polar surface area (TPSA) is 26.3 Å². The van der Waals surface area contributed by atoms with Crippen LogP contribution in [0, 0.1) is 0 Å². The standard InChI is InChI=1S/C11H13ClO2/c1-2-10(12)8-14-11(13)9-6-4-3-5-7-9/h3-7,10H,2,8H2,1H3. The molecule has 0 spiro atoms. The molecule has 0 radical (unpaired) electrons. The molecule has 0 bridgehead atoms. The summed E-state index contributed by atoms with van der Waals surface area (Å²) in [4.78, 5) is 11.4. The first kappa shape index (κ1) is 11.1. The second-order valence-corrected chi connectivity index (χ2v) is 3.59. The molecule has 0 amide bonds. The number of carbonyl (C=O) groups excluding carboxylic acids is 1. The van der Waals surface area contributed by atoms with Crippen LogP contribution in [0.2, 0.25) is 0 Å². The van der Waals surface area contributed by atoms with Crippen molar-refractivity contribution in [2.24, 2.45) is 0 Å². The highest BCUT2D eigenvalue weighted by Gasteiger charge is 2.08. The van der Waals surface area contributed by atoms with E-state index in [9.17, 15) is 4.79 Å². The van der Waals surface area contributed by atoms with Gasteiger partial charge in [-0.25, -0.2) is 4.79 Å². The Morgan fingerprint density at radius 3 is 2.64 bits per heavy atom. The zero-order chi connectivity index (χ0) is 10.4. The summed E-state index contributed by atoms with van der Waals surface area (Å²) in [6, 6.07) is 8.89. The molecule has 0 aliphatic carbocycles. The highest BCUT2D eigenvalue weighted by atomic mass is 35.5. The van der Waals surface area contributed by atoms with Crippen LogP contribution in [0.3, 0.4) is 0 Å². The van der Waals surface area contributed by atoms with E-state index in [4.69, 9.17) is 16.3 Å². The summed E-state index contributed by atoms with van der Waals surface area (Å²) in [5.74, 6) is -0.315. The summed E-state index contributed by atoms with van der Waals surface area (Å²) in [5.41, 5.74) is 0.562. The van der Waals surface area contributed by atoms with E-state index in [1.165, 1.54) is 0 Å². The van der Waals surface area contributed by atoms with Gasteiger partial charge in [-0.2, -0.15) is 0 Å². The van der Waals surface area contributed by atoms with Crippen LogP contribution in [0.25, 0.3) is 0 Å². The van der Waals surface area contributed by atoms with Crippen LogP contribution in [0.15, 0.2) is 30.3 Å². The van der Waals surface area contributed by atoms with Crippen LogP contribution in [0.4, 0.5) is 0 Å². The molecule has 1 aromatic carbocycles. The normalized spacial score (nSPS) is 12.1. The summed E-state index contributed by atoms with van der Waals surface area (Å²) in [7, 11) is 0. The Morgan fingerprint density at radius 1 is 1.43 bits per heavy atom. The summed E-state index contributed by atoms with van der Waals surface area (Å²) in [6.07, 6.45) is 0.795.